The SMILES string of the molecule is Cc1ccc(CC2(CNC(C)(C)C)CCCC2)c(Cl)c1. The molecule has 1 nitrogen and oxygen atoms in total. The van der Waals surface area contributed by atoms with Crippen LogP contribution in [0.2, 0.25) is 5.02 Å². The maximum atomic E-state index is 6.44. The molecule has 0 radical (unpaired) electrons. The summed E-state index contributed by atoms with van der Waals surface area (Å²) in [5, 5.41) is 4.65. The van der Waals surface area contributed by atoms with Crippen molar-refractivity contribution >= 4 is 11.6 Å². The highest BCUT2D eigenvalue weighted by Crippen LogP contribution is 2.42. The van der Waals surface area contributed by atoms with Gasteiger partial charge in [0.25, 0.3) is 0 Å². The van der Waals surface area contributed by atoms with Crippen LogP contribution >= 0.6 is 11.6 Å². The maximum absolute atomic E-state index is 6.44. The molecule has 20 heavy (non-hydrogen) atoms. The van der Waals surface area contributed by atoms with Crippen LogP contribution in [0.1, 0.15) is 57.6 Å². The van der Waals surface area contributed by atoms with Crippen molar-refractivity contribution in [2.45, 2.75) is 65.3 Å². The van der Waals surface area contributed by atoms with Gasteiger partial charge in [0.2, 0.25) is 0 Å². The Bertz CT molecular complexity index is 453. The Balaban J connectivity index is 2.12. The van der Waals surface area contributed by atoms with Gasteiger partial charge in [0.1, 0.15) is 0 Å². The Labute approximate surface area is 129 Å². The lowest BCUT2D eigenvalue weighted by molar-refractivity contribution is 0.245. The molecule has 0 bridgehead atoms. The van der Waals surface area contributed by atoms with Crippen molar-refractivity contribution in [2.75, 3.05) is 6.54 Å². The van der Waals surface area contributed by atoms with Crippen LogP contribution in [0.3, 0.4) is 0 Å². The van der Waals surface area contributed by atoms with Gasteiger partial charge in [0.05, 0.1) is 0 Å². The molecular weight excluding hydrogens is 266 g/mol. The molecule has 0 heterocycles. The van der Waals surface area contributed by atoms with Gasteiger partial charge in [-0.2, -0.15) is 0 Å². The van der Waals surface area contributed by atoms with E-state index in [0.717, 1.165) is 18.0 Å². The van der Waals surface area contributed by atoms with Crippen molar-refractivity contribution in [1.82, 2.24) is 5.32 Å². The number of hydrogen-bond acceptors (Lipinski definition) is 1. The van der Waals surface area contributed by atoms with Crippen LogP contribution in [0, 0.1) is 12.3 Å². The molecule has 1 aliphatic carbocycles. The van der Waals surface area contributed by atoms with Crippen LogP contribution in [0.25, 0.3) is 0 Å². The molecule has 1 aliphatic rings. The third-order valence-electron chi connectivity index (χ3n) is 4.43. The molecule has 2 heteroatoms. The summed E-state index contributed by atoms with van der Waals surface area (Å²) < 4.78 is 0. The molecule has 0 aliphatic heterocycles. The zero-order valence-electron chi connectivity index (χ0n) is 13.4. The van der Waals surface area contributed by atoms with Crippen molar-refractivity contribution in [1.29, 1.82) is 0 Å². The fraction of sp³-hybridized carbons (Fsp3) is 0.667. The van der Waals surface area contributed by atoms with E-state index in [0.29, 0.717) is 5.41 Å². The van der Waals surface area contributed by atoms with Crippen molar-refractivity contribution in [3.8, 4) is 0 Å². The van der Waals surface area contributed by atoms with Crippen LogP contribution in [-0.2, 0) is 6.42 Å². The molecule has 0 atom stereocenters. The number of nitrogens with one attached hydrogen (secondary N) is 1. The first-order chi connectivity index (χ1) is 9.30. The van der Waals surface area contributed by atoms with Gasteiger partial charge in [-0.25, -0.2) is 0 Å². The minimum absolute atomic E-state index is 0.187. The van der Waals surface area contributed by atoms with E-state index in [1.165, 1.54) is 36.8 Å². The molecule has 112 valence electrons. The average molecular weight is 294 g/mol. The molecule has 0 spiro atoms. The van der Waals surface area contributed by atoms with Gasteiger partial charge < -0.3 is 5.32 Å². The van der Waals surface area contributed by atoms with E-state index in [4.69, 9.17) is 11.6 Å². The number of aryl methyl sites for hydroxylation is 1. The van der Waals surface area contributed by atoms with E-state index < -0.39 is 0 Å². The predicted molar refractivity (Wildman–Crippen MR) is 88.5 cm³/mol. The van der Waals surface area contributed by atoms with Crippen LogP contribution in [0.4, 0.5) is 0 Å². The molecule has 1 aromatic rings. The molecular formula is C18H28ClN. The van der Waals surface area contributed by atoms with Crippen LogP contribution < -0.4 is 5.32 Å². The largest absolute Gasteiger partial charge is 0.312 e. The highest BCUT2D eigenvalue weighted by atomic mass is 35.5. The number of benzene rings is 1. The summed E-state index contributed by atoms with van der Waals surface area (Å²) in [5.41, 5.74) is 3.14. The molecule has 0 amide bonds. The van der Waals surface area contributed by atoms with E-state index in [-0.39, 0.29) is 5.54 Å². The minimum atomic E-state index is 0.187. The lowest BCUT2D eigenvalue weighted by Crippen LogP contribution is -2.44. The lowest BCUT2D eigenvalue weighted by Gasteiger charge is -2.34. The maximum Gasteiger partial charge on any atom is 0.0440 e. The lowest BCUT2D eigenvalue weighted by atomic mass is 9.79. The second-order valence-corrected chi connectivity index (χ2v) is 7.99. The Morgan fingerprint density at radius 3 is 2.40 bits per heavy atom. The third kappa shape index (κ3) is 4.23. The van der Waals surface area contributed by atoms with Crippen molar-refractivity contribution in [3.05, 3.63) is 34.3 Å². The standard InChI is InChI=1S/C18H28ClN/c1-14-7-8-15(16(19)11-14)12-18(9-5-6-10-18)13-20-17(2,3)4/h7-8,11,20H,5-6,9-10,12-13H2,1-4H3. The Kier molecular flexibility index (Phi) is 4.81. The summed E-state index contributed by atoms with van der Waals surface area (Å²) in [6.07, 6.45) is 6.46. The normalized spacial score (nSPS) is 18.4. The Morgan fingerprint density at radius 1 is 1.20 bits per heavy atom. The van der Waals surface area contributed by atoms with Gasteiger partial charge in [-0.3, -0.25) is 0 Å². The van der Waals surface area contributed by atoms with E-state index in [1.54, 1.807) is 0 Å². The molecule has 0 saturated heterocycles. The second kappa shape index (κ2) is 6.07. The first-order valence-corrected chi connectivity index (χ1v) is 8.18. The van der Waals surface area contributed by atoms with Crippen LogP contribution in [0.15, 0.2) is 18.2 Å². The topological polar surface area (TPSA) is 12.0 Å². The molecule has 0 aromatic heterocycles. The van der Waals surface area contributed by atoms with Gasteiger partial charge >= 0.3 is 0 Å². The highest BCUT2D eigenvalue weighted by molar-refractivity contribution is 6.31. The molecule has 1 aromatic carbocycles. The molecule has 0 unspecified atom stereocenters. The summed E-state index contributed by atoms with van der Waals surface area (Å²) in [4.78, 5) is 0. The quantitative estimate of drug-likeness (QED) is 0.810. The molecule has 1 saturated carbocycles. The van der Waals surface area contributed by atoms with Gasteiger partial charge in [0, 0.05) is 17.1 Å². The fourth-order valence-corrected chi connectivity index (χ4v) is 3.50. The summed E-state index contributed by atoms with van der Waals surface area (Å²) in [7, 11) is 0. The monoisotopic (exact) mass is 293 g/mol. The highest BCUT2D eigenvalue weighted by Gasteiger charge is 2.35. The molecule has 2 rings (SSSR count). The van der Waals surface area contributed by atoms with Crippen LogP contribution in [0.5, 0.6) is 0 Å². The summed E-state index contributed by atoms with van der Waals surface area (Å²) in [6.45, 7) is 9.93. The zero-order chi connectivity index (χ0) is 14.8. The second-order valence-electron chi connectivity index (χ2n) is 7.58. The van der Waals surface area contributed by atoms with Crippen molar-refractivity contribution < 1.29 is 0 Å². The Morgan fingerprint density at radius 2 is 1.85 bits per heavy atom. The van der Waals surface area contributed by atoms with Crippen LogP contribution in [-0.4, -0.2) is 12.1 Å². The van der Waals surface area contributed by atoms with Gasteiger partial charge in [-0.05, 0) is 69.6 Å². The van der Waals surface area contributed by atoms with Gasteiger partial charge in [-0.1, -0.05) is 36.6 Å². The minimum Gasteiger partial charge on any atom is -0.312 e. The molecule has 1 N–H and O–H groups in total. The first-order valence-electron chi connectivity index (χ1n) is 7.80. The van der Waals surface area contributed by atoms with E-state index >= 15 is 0 Å². The molecule has 1 fully saturated rings. The Hall–Kier alpha value is -0.530. The van der Waals surface area contributed by atoms with E-state index in [9.17, 15) is 0 Å². The van der Waals surface area contributed by atoms with E-state index in [1.807, 2.05) is 0 Å². The summed E-state index contributed by atoms with van der Waals surface area (Å²) >= 11 is 6.44. The number of halogens is 1. The third-order valence-corrected chi connectivity index (χ3v) is 4.78. The summed E-state index contributed by atoms with van der Waals surface area (Å²) in [5.74, 6) is 0. The van der Waals surface area contributed by atoms with Gasteiger partial charge in [-0.15, -0.1) is 0 Å². The fourth-order valence-electron chi connectivity index (χ4n) is 3.19. The average Bonchev–Trinajstić information content (AvgIpc) is 2.79. The summed E-state index contributed by atoms with van der Waals surface area (Å²) in [6, 6.07) is 6.49. The first kappa shape index (κ1) is 15.9. The zero-order valence-corrected chi connectivity index (χ0v) is 14.1. The number of rotatable bonds is 4. The van der Waals surface area contributed by atoms with Gasteiger partial charge in [0.15, 0.2) is 0 Å². The van der Waals surface area contributed by atoms with Crippen molar-refractivity contribution in [2.24, 2.45) is 5.41 Å². The van der Waals surface area contributed by atoms with E-state index in [2.05, 4.69) is 51.2 Å². The predicted octanol–water partition coefficient (Wildman–Crippen LogP) is 5.14. The number of hydrogen-bond donors (Lipinski definition) is 1. The van der Waals surface area contributed by atoms with Crippen molar-refractivity contribution in [3.63, 3.8) is 0 Å². The smallest absolute Gasteiger partial charge is 0.0440 e.